The van der Waals surface area contributed by atoms with Gasteiger partial charge in [0.25, 0.3) is 0 Å². The van der Waals surface area contributed by atoms with E-state index in [1.165, 1.54) is 11.1 Å². The van der Waals surface area contributed by atoms with Crippen LogP contribution in [0.3, 0.4) is 0 Å². The van der Waals surface area contributed by atoms with Gasteiger partial charge in [-0.05, 0) is 49.6 Å². The van der Waals surface area contributed by atoms with Crippen LogP contribution >= 0.6 is 15.9 Å². The molecular formula is C17H22BrNO2. The number of rotatable bonds is 6. The summed E-state index contributed by atoms with van der Waals surface area (Å²) in [4.78, 5) is 13.7. The smallest absolute Gasteiger partial charge is 0.305 e. The Morgan fingerprint density at radius 3 is 2.71 bits per heavy atom. The molecule has 21 heavy (non-hydrogen) atoms. The third-order valence-corrected chi connectivity index (χ3v) is 4.20. The van der Waals surface area contributed by atoms with E-state index in [2.05, 4.69) is 51.2 Å². The maximum atomic E-state index is 11.3. The summed E-state index contributed by atoms with van der Waals surface area (Å²) in [5.41, 5.74) is 2.73. The molecule has 0 fully saturated rings. The highest BCUT2D eigenvalue weighted by Crippen LogP contribution is 2.23. The lowest BCUT2D eigenvalue weighted by atomic mass is 9.99. The molecule has 0 spiro atoms. The molecule has 0 unspecified atom stereocenters. The Labute approximate surface area is 135 Å². The molecule has 3 nitrogen and oxygen atoms in total. The van der Waals surface area contributed by atoms with Gasteiger partial charge >= 0.3 is 5.97 Å². The zero-order valence-electron chi connectivity index (χ0n) is 12.5. The summed E-state index contributed by atoms with van der Waals surface area (Å²) in [6.07, 6.45) is 4.77. The van der Waals surface area contributed by atoms with Gasteiger partial charge in [-0.25, -0.2) is 0 Å². The first-order valence-corrected chi connectivity index (χ1v) is 8.31. The van der Waals surface area contributed by atoms with E-state index in [1.54, 1.807) is 0 Å². The molecule has 2 rings (SSSR count). The van der Waals surface area contributed by atoms with Gasteiger partial charge in [0.2, 0.25) is 0 Å². The zero-order chi connectivity index (χ0) is 15.1. The second-order valence-corrected chi connectivity index (χ2v) is 6.11. The van der Waals surface area contributed by atoms with Gasteiger partial charge in [-0.2, -0.15) is 0 Å². The summed E-state index contributed by atoms with van der Waals surface area (Å²) in [6, 6.07) is 8.49. The fraction of sp³-hybridized carbons (Fsp3) is 0.471. The van der Waals surface area contributed by atoms with Crippen LogP contribution in [-0.2, 0) is 9.53 Å². The number of carbonyl (C=O) groups is 1. The van der Waals surface area contributed by atoms with E-state index in [0.29, 0.717) is 13.0 Å². The Kier molecular flexibility index (Phi) is 6.46. The van der Waals surface area contributed by atoms with E-state index in [0.717, 1.165) is 36.9 Å². The second kappa shape index (κ2) is 8.35. The molecular weight excluding hydrogens is 330 g/mol. The molecule has 1 aromatic carbocycles. The van der Waals surface area contributed by atoms with Crippen LogP contribution in [0, 0.1) is 0 Å². The van der Waals surface area contributed by atoms with Crippen LogP contribution in [0.4, 0.5) is 0 Å². The van der Waals surface area contributed by atoms with Crippen molar-refractivity contribution in [1.82, 2.24) is 4.90 Å². The third-order valence-electron chi connectivity index (χ3n) is 3.67. The average Bonchev–Trinajstić information content (AvgIpc) is 2.49. The zero-order valence-corrected chi connectivity index (χ0v) is 14.1. The molecule has 0 bridgehead atoms. The Morgan fingerprint density at radius 2 is 2.10 bits per heavy atom. The molecule has 0 N–H and O–H groups in total. The van der Waals surface area contributed by atoms with E-state index in [-0.39, 0.29) is 5.97 Å². The Balaban J connectivity index is 1.76. The van der Waals surface area contributed by atoms with E-state index < -0.39 is 0 Å². The molecule has 0 aliphatic carbocycles. The highest BCUT2D eigenvalue weighted by Gasteiger charge is 2.13. The molecule has 0 amide bonds. The molecule has 0 radical (unpaired) electrons. The minimum absolute atomic E-state index is 0.0828. The van der Waals surface area contributed by atoms with Crippen molar-refractivity contribution in [2.75, 3.05) is 26.2 Å². The van der Waals surface area contributed by atoms with E-state index in [1.807, 2.05) is 6.92 Å². The van der Waals surface area contributed by atoms with Crippen molar-refractivity contribution in [2.24, 2.45) is 0 Å². The summed E-state index contributed by atoms with van der Waals surface area (Å²) in [6.45, 7) is 5.31. The van der Waals surface area contributed by atoms with Crippen molar-refractivity contribution in [3.8, 4) is 0 Å². The molecule has 0 aromatic heterocycles. The van der Waals surface area contributed by atoms with E-state index >= 15 is 0 Å². The van der Waals surface area contributed by atoms with Gasteiger partial charge in [-0.15, -0.1) is 0 Å². The van der Waals surface area contributed by atoms with Crippen molar-refractivity contribution in [1.29, 1.82) is 0 Å². The van der Waals surface area contributed by atoms with Crippen LogP contribution in [-0.4, -0.2) is 37.1 Å². The molecule has 114 valence electrons. The number of nitrogens with zero attached hydrogens (tertiary/aromatic N) is 1. The third kappa shape index (κ3) is 5.29. The number of halogens is 1. The number of hydrogen-bond acceptors (Lipinski definition) is 3. The van der Waals surface area contributed by atoms with Crippen LogP contribution < -0.4 is 0 Å². The summed E-state index contributed by atoms with van der Waals surface area (Å²) in [5.74, 6) is -0.0828. The lowest BCUT2D eigenvalue weighted by molar-refractivity contribution is -0.143. The minimum atomic E-state index is -0.0828. The largest absolute Gasteiger partial charge is 0.466 e. The Hall–Kier alpha value is -1.13. The maximum Gasteiger partial charge on any atom is 0.305 e. The number of hydrogen-bond donors (Lipinski definition) is 0. The number of benzene rings is 1. The second-order valence-electron chi connectivity index (χ2n) is 5.20. The van der Waals surface area contributed by atoms with Gasteiger partial charge in [0, 0.05) is 24.0 Å². The molecule has 4 heteroatoms. The lowest BCUT2D eigenvalue weighted by Gasteiger charge is -2.26. The Morgan fingerprint density at radius 1 is 1.33 bits per heavy atom. The molecule has 1 aromatic rings. The van der Waals surface area contributed by atoms with E-state index in [4.69, 9.17) is 4.74 Å². The van der Waals surface area contributed by atoms with Crippen LogP contribution in [0.1, 0.15) is 31.7 Å². The van der Waals surface area contributed by atoms with Gasteiger partial charge in [0.15, 0.2) is 0 Å². The Bertz CT molecular complexity index is 496. The standard InChI is InChI=1S/C17H22BrNO2/c1-2-21-17(20)4-3-11-19-12-9-15(10-13-19)14-5-7-16(18)8-6-14/h5-9H,2-4,10-13H2,1H3. The summed E-state index contributed by atoms with van der Waals surface area (Å²) in [7, 11) is 0. The van der Waals surface area contributed by atoms with Gasteiger partial charge in [-0.3, -0.25) is 9.69 Å². The predicted molar refractivity (Wildman–Crippen MR) is 89.0 cm³/mol. The molecule has 0 saturated heterocycles. The van der Waals surface area contributed by atoms with Crippen LogP contribution in [0.25, 0.3) is 5.57 Å². The predicted octanol–water partition coefficient (Wildman–Crippen LogP) is 3.88. The average molecular weight is 352 g/mol. The minimum Gasteiger partial charge on any atom is -0.466 e. The SMILES string of the molecule is CCOC(=O)CCCN1CC=C(c2ccc(Br)cc2)CC1. The van der Waals surface area contributed by atoms with Crippen LogP contribution in [0.15, 0.2) is 34.8 Å². The fourth-order valence-electron chi connectivity index (χ4n) is 2.52. The van der Waals surface area contributed by atoms with Crippen molar-refractivity contribution < 1.29 is 9.53 Å². The molecule has 1 aliphatic rings. The highest BCUT2D eigenvalue weighted by molar-refractivity contribution is 9.10. The van der Waals surface area contributed by atoms with Crippen molar-refractivity contribution >= 4 is 27.5 Å². The highest BCUT2D eigenvalue weighted by atomic mass is 79.9. The maximum absolute atomic E-state index is 11.3. The van der Waals surface area contributed by atoms with Crippen molar-refractivity contribution in [2.45, 2.75) is 26.2 Å². The topological polar surface area (TPSA) is 29.5 Å². The van der Waals surface area contributed by atoms with Crippen LogP contribution in [0.2, 0.25) is 0 Å². The van der Waals surface area contributed by atoms with Gasteiger partial charge < -0.3 is 4.74 Å². The van der Waals surface area contributed by atoms with Crippen LogP contribution in [0.5, 0.6) is 0 Å². The lowest BCUT2D eigenvalue weighted by Crippen LogP contribution is -2.29. The number of carbonyl (C=O) groups excluding carboxylic acids is 1. The van der Waals surface area contributed by atoms with Gasteiger partial charge in [-0.1, -0.05) is 34.1 Å². The first-order valence-electron chi connectivity index (χ1n) is 7.52. The molecule has 0 atom stereocenters. The normalized spacial score (nSPS) is 15.6. The monoisotopic (exact) mass is 351 g/mol. The number of esters is 1. The first kappa shape index (κ1) is 16.2. The van der Waals surface area contributed by atoms with Gasteiger partial charge in [0.05, 0.1) is 6.61 Å². The fourth-order valence-corrected chi connectivity index (χ4v) is 2.78. The molecule has 0 saturated carbocycles. The number of ether oxygens (including phenoxy) is 1. The van der Waals surface area contributed by atoms with E-state index in [9.17, 15) is 4.79 Å². The first-order chi connectivity index (χ1) is 10.2. The quantitative estimate of drug-likeness (QED) is 0.728. The summed E-state index contributed by atoms with van der Waals surface area (Å²) in [5, 5.41) is 0. The molecule has 1 aliphatic heterocycles. The van der Waals surface area contributed by atoms with Gasteiger partial charge in [0.1, 0.15) is 0 Å². The summed E-state index contributed by atoms with van der Waals surface area (Å²) >= 11 is 3.46. The van der Waals surface area contributed by atoms with Crippen molar-refractivity contribution in [3.63, 3.8) is 0 Å². The summed E-state index contributed by atoms with van der Waals surface area (Å²) < 4.78 is 6.06. The molecule has 1 heterocycles. The van der Waals surface area contributed by atoms with Crippen molar-refractivity contribution in [3.05, 3.63) is 40.4 Å².